The SMILES string of the molecule is C/C=C(/C(C)=N\OC(=O)c1ccc([N+](=O)[O-])cc1)c1ccccc1. The Bertz CT molecular complexity index is 794. The van der Waals surface area contributed by atoms with E-state index in [0.717, 1.165) is 11.1 Å². The van der Waals surface area contributed by atoms with Crippen molar-refractivity contribution in [2.45, 2.75) is 13.8 Å². The van der Waals surface area contributed by atoms with Crippen LogP contribution in [-0.4, -0.2) is 16.6 Å². The second-order valence-electron chi connectivity index (χ2n) is 4.93. The number of nitrogens with zero attached hydrogens (tertiary/aromatic N) is 2. The maximum Gasteiger partial charge on any atom is 0.365 e. The fourth-order valence-electron chi connectivity index (χ4n) is 2.13. The minimum atomic E-state index is -0.673. The summed E-state index contributed by atoms with van der Waals surface area (Å²) in [4.78, 5) is 27.0. The molecule has 2 aromatic carbocycles. The summed E-state index contributed by atoms with van der Waals surface area (Å²) < 4.78 is 0. The maximum absolute atomic E-state index is 12.0. The lowest BCUT2D eigenvalue weighted by atomic mass is 10.0. The van der Waals surface area contributed by atoms with Crippen molar-refractivity contribution in [3.63, 3.8) is 0 Å². The summed E-state index contributed by atoms with van der Waals surface area (Å²) in [5, 5.41) is 14.5. The summed E-state index contributed by atoms with van der Waals surface area (Å²) in [7, 11) is 0. The molecule has 0 amide bonds. The highest BCUT2D eigenvalue weighted by atomic mass is 16.7. The van der Waals surface area contributed by atoms with Crippen LogP contribution in [0.5, 0.6) is 0 Å². The summed E-state index contributed by atoms with van der Waals surface area (Å²) in [6, 6.07) is 14.8. The van der Waals surface area contributed by atoms with Gasteiger partial charge in [-0.15, -0.1) is 0 Å². The van der Waals surface area contributed by atoms with E-state index in [1.54, 1.807) is 6.92 Å². The Hall–Kier alpha value is -3.28. The van der Waals surface area contributed by atoms with E-state index >= 15 is 0 Å². The molecule has 0 bridgehead atoms. The first-order valence-electron chi connectivity index (χ1n) is 7.25. The van der Waals surface area contributed by atoms with E-state index < -0.39 is 10.9 Å². The zero-order valence-corrected chi connectivity index (χ0v) is 13.3. The molecule has 122 valence electrons. The molecule has 2 rings (SSSR count). The Morgan fingerprint density at radius 2 is 1.71 bits per heavy atom. The molecule has 0 aromatic heterocycles. The topological polar surface area (TPSA) is 81.8 Å². The van der Waals surface area contributed by atoms with Crippen molar-refractivity contribution in [2.24, 2.45) is 5.16 Å². The van der Waals surface area contributed by atoms with Gasteiger partial charge in [0.2, 0.25) is 0 Å². The molecular weight excluding hydrogens is 308 g/mol. The lowest BCUT2D eigenvalue weighted by Gasteiger charge is -2.06. The van der Waals surface area contributed by atoms with Crippen LogP contribution in [0.4, 0.5) is 5.69 Å². The van der Waals surface area contributed by atoms with E-state index in [1.165, 1.54) is 24.3 Å². The highest BCUT2D eigenvalue weighted by Crippen LogP contribution is 2.17. The Balaban J connectivity index is 2.11. The zero-order valence-electron chi connectivity index (χ0n) is 13.3. The molecule has 2 aromatic rings. The van der Waals surface area contributed by atoms with E-state index in [4.69, 9.17) is 4.84 Å². The molecule has 0 aliphatic carbocycles. The first-order chi connectivity index (χ1) is 11.5. The van der Waals surface area contributed by atoms with Crippen molar-refractivity contribution in [3.8, 4) is 0 Å². The van der Waals surface area contributed by atoms with Crippen LogP contribution in [0, 0.1) is 10.1 Å². The van der Waals surface area contributed by atoms with Gasteiger partial charge in [0.05, 0.1) is 16.2 Å². The Morgan fingerprint density at radius 1 is 1.08 bits per heavy atom. The van der Waals surface area contributed by atoms with Crippen LogP contribution in [0.3, 0.4) is 0 Å². The van der Waals surface area contributed by atoms with Crippen LogP contribution in [0.15, 0.2) is 65.8 Å². The van der Waals surface area contributed by atoms with Gasteiger partial charge in [-0.1, -0.05) is 41.6 Å². The van der Waals surface area contributed by atoms with Crippen molar-refractivity contribution in [1.29, 1.82) is 0 Å². The molecule has 0 aliphatic heterocycles. The number of allylic oxidation sites excluding steroid dienone is 2. The van der Waals surface area contributed by atoms with E-state index in [0.29, 0.717) is 5.71 Å². The van der Waals surface area contributed by atoms with Crippen molar-refractivity contribution in [2.75, 3.05) is 0 Å². The van der Waals surface area contributed by atoms with E-state index in [2.05, 4.69) is 5.16 Å². The number of benzene rings is 2. The van der Waals surface area contributed by atoms with Crippen LogP contribution in [0.2, 0.25) is 0 Å². The summed E-state index contributed by atoms with van der Waals surface area (Å²) in [6.45, 7) is 3.62. The third kappa shape index (κ3) is 4.13. The van der Waals surface area contributed by atoms with Crippen molar-refractivity contribution >= 4 is 22.9 Å². The van der Waals surface area contributed by atoms with Gasteiger partial charge in [0.15, 0.2) is 0 Å². The average Bonchev–Trinajstić information content (AvgIpc) is 2.61. The van der Waals surface area contributed by atoms with Gasteiger partial charge in [-0.3, -0.25) is 10.1 Å². The monoisotopic (exact) mass is 324 g/mol. The van der Waals surface area contributed by atoms with Gasteiger partial charge in [0.1, 0.15) is 0 Å². The van der Waals surface area contributed by atoms with Gasteiger partial charge in [-0.2, -0.15) is 0 Å². The van der Waals surface area contributed by atoms with Crippen LogP contribution < -0.4 is 0 Å². The lowest BCUT2D eigenvalue weighted by Crippen LogP contribution is -2.04. The number of nitro benzene ring substituents is 1. The summed E-state index contributed by atoms with van der Waals surface area (Å²) >= 11 is 0. The summed E-state index contributed by atoms with van der Waals surface area (Å²) in [5.74, 6) is -0.673. The second kappa shape index (κ2) is 7.82. The number of carbonyl (C=O) groups excluding carboxylic acids is 1. The quantitative estimate of drug-likeness (QED) is 0.357. The van der Waals surface area contributed by atoms with Crippen LogP contribution in [-0.2, 0) is 4.84 Å². The van der Waals surface area contributed by atoms with Crippen molar-refractivity contribution in [1.82, 2.24) is 0 Å². The van der Waals surface area contributed by atoms with E-state index in [1.807, 2.05) is 43.3 Å². The maximum atomic E-state index is 12.0. The third-order valence-corrected chi connectivity index (χ3v) is 3.34. The third-order valence-electron chi connectivity index (χ3n) is 3.34. The van der Waals surface area contributed by atoms with Crippen molar-refractivity contribution < 1.29 is 14.6 Å². The van der Waals surface area contributed by atoms with Crippen LogP contribution in [0.25, 0.3) is 5.57 Å². The van der Waals surface area contributed by atoms with Crippen LogP contribution in [0.1, 0.15) is 29.8 Å². The molecular formula is C18H16N2O4. The van der Waals surface area contributed by atoms with Gasteiger partial charge in [-0.05, 0) is 31.5 Å². The first-order valence-corrected chi connectivity index (χ1v) is 7.25. The van der Waals surface area contributed by atoms with Crippen LogP contribution >= 0.6 is 0 Å². The first kappa shape index (κ1) is 17.1. The normalized spacial score (nSPS) is 11.9. The molecule has 6 nitrogen and oxygen atoms in total. The predicted molar refractivity (Wildman–Crippen MR) is 91.7 cm³/mol. The minimum absolute atomic E-state index is 0.0912. The second-order valence-corrected chi connectivity index (χ2v) is 4.93. The molecule has 24 heavy (non-hydrogen) atoms. The molecule has 0 heterocycles. The fraction of sp³-hybridized carbons (Fsp3) is 0.111. The number of rotatable bonds is 5. The average molecular weight is 324 g/mol. The van der Waals surface area contributed by atoms with Gasteiger partial charge in [-0.25, -0.2) is 4.79 Å². The molecule has 0 spiro atoms. The number of hydrogen-bond donors (Lipinski definition) is 0. The van der Waals surface area contributed by atoms with Gasteiger partial charge < -0.3 is 4.84 Å². The number of non-ortho nitro benzene ring substituents is 1. The smallest absolute Gasteiger partial charge is 0.313 e. The number of carbonyl (C=O) groups is 1. The lowest BCUT2D eigenvalue weighted by molar-refractivity contribution is -0.384. The van der Waals surface area contributed by atoms with Gasteiger partial charge >= 0.3 is 5.97 Å². The molecule has 0 saturated carbocycles. The molecule has 0 radical (unpaired) electrons. The standard InChI is InChI=1S/C18H16N2O4/c1-3-17(14-7-5-4-6-8-14)13(2)19-24-18(21)15-9-11-16(12-10-15)20(22)23/h3-12H,1-2H3/b17-3-,19-13-. The number of oxime groups is 1. The molecule has 0 unspecified atom stereocenters. The number of nitro groups is 1. The molecule has 0 fully saturated rings. The largest absolute Gasteiger partial charge is 0.365 e. The van der Waals surface area contributed by atoms with E-state index in [9.17, 15) is 14.9 Å². The molecule has 6 heteroatoms. The summed E-state index contributed by atoms with van der Waals surface area (Å²) in [5.41, 5.74) is 2.48. The minimum Gasteiger partial charge on any atom is -0.313 e. The highest BCUT2D eigenvalue weighted by Gasteiger charge is 2.11. The predicted octanol–water partition coefficient (Wildman–Crippen LogP) is 4.23. The highest BCUT2D eigenvalue weighted by molar-refractivity contribution is 6.22. The Kier molecular flexibility index (Phi) is 5.57. The molecule has 0 aliphatic rings. The molecule has 0 saturated heterocycles. The Morgan fingerprint density at radius 3 is 2.25 bits per heavy atom. The van der Waals surface area contributed by atoms with Gasteiger partial charge in [0, 0.05) is 17.7 Å². The van der Waals surface area contributed by atoms with Crippen molar-refractivity contribution in [3.05, 3.63) is 81.9 Å². The van der Waals surface area contributed by atoms with Gasteiger partial charge in [0.25, 0.3) is 5.69 Å². The number of hydrogen-bond acceptors (Lipinski definition) is 5. The Labute approximate surface area is 139 Å². The fourth-order valence-corrected chi connectivity index (χ4v) is 2.13. The summed E-state index contributed by atoms with van der Waals surface area (Å²) in [6.07, 6.45) is 1.88. The molecule has 0 N–H and O–H groups in total. The van der Waals surface area contributed by atoms with E-state index in [-0.39, 0.29) is 11.3 Å². The molecule has 0 atom stereocenters. The zero-order chi connectivity index (χ0) is 17.5.